The summed E-state index contributed by atoms with van der Waals surface area (Å²) >= 11 is 0. The van der Waals surface area contributed by atoms with Crippen molar-refractivity contribution in [2.24, 2.45) is 5.92 Å². The van der Waals surface area contributed by atoms with Gasteiger partial charge >= 0.3 is 0 Å². The van der Waals surface area contributed by atoms with Gasteiger partial charge in [-0.15, -0.1) is 0 Å². The molecule has 3 heteroatoms. The molecular formula is C12H18NO2+. The van der Waals surface area contributed by atoms with Gasteiger partial charge in [-0.3, -0.25) is 0 Å². The molecule has 3 N–H and O–H groups in total. The standard InChI is InChI=1S/C12H17NO2/c1-8(2)12(13)9-3-4-10-11(7-9)15-6-5-14-10/h3-4,7-8,12H,5-6,13H2,1-2H3/p+1/t12-/m1/s1. The third-order valence-electron chi connectivity index (χ3n) is 2.80. The van der Waals surface area contributed by atoms with E-state index >= 15 is 0 Å². The van der Waals surface area contributed by atoms with Crippen LogP contribution in [0.1, 0.15) is 25.5 Å². The summed E-state index contributed by atoms with van der Waals surface area (Å²) < 4.78 is 11.0. The van der Waals surface area contributed by atoms with Gasteiger partial charge < -0.3 is 15.2 Å². The lowest BCUT2D eigenvalue weighted by molar-refractivity contribution is -0.438. The third kappa shape index (κ3) is 2.07. The van der Waals surface area contributed by atoms with Crippen molar-refractivity contribution in [3.05, 3.63) is 23.8 Å². The Morgan fingerprint density at radius 2 is 1.80 bits per heavy atom. The van der Waals surface area contributed by atoms with Crippen molar-refractivity contribution < 1.29 is 15.2 Å². The minimum absolute atomic E-state index is 0.306. The molecule has 0 saturated carbocycles. The second kappa shape index (κ2) is 4.11. The molecule has 0 radical (unpaired) electrons. The highest BCUT2D eigenvalue weighted by Gasteiger charge is 2.18. The van der Waals surface area contributed by atoms with Gasteiger partial charge in [0.2, 0.25) is 0 Å². The zero-order valence-electron chi connectivity index (χ0n) is 9.32. The van der Waals surface area contributed by atoms with Crippen LogP contribution in [0.15, 0.2) is 18.2 Å². The van der Waals surface area contributed by atoms with E-state index in [4.69, 9.17) is 9.47 Å². The lowest BCUT2D eigenvalue weighted by Gasteiger charge is -2.20. The van der Waals surface area contributed by atoms with E-state index in [-0.39, 0.29) is 0 Å². The largest absolute Gasteiger partial charge is 0.486 e. The first-order valence-corrected chi connectivity index (χ1v) is 5.41. The maximum Gasteiger partial charge on any atom is 0.161 e. The summed E-state index contributed by atoms with van der Waals surface area (Å²) in [5.41, 5.74) is 5.38. The highest BCUT2D eigenvalue weighted by atomic mass is 16.6. The third-order valence-corrected chi connectivity index (χ3v) is 2.80. The fraction of sp³-hybridized carbons (Fsp3) is 0.500. The van der Waals surface area contributed by atoms with Crippen LogP contribution < -0.4 is 15.2 Å². The highest BCUT2D eigenvalue weighted by Crippen LogP contribution is 2.32. The zero-order chi connectivity index (χ0) is 10.8. The number of fused-ring (bicyclic) bond motifs is 1. The second-order valence-corrected chi connectivity index (χ2v) is 4.25. The first-order valence-electron chi connectivity index (χ1n) is 5.41. The summed E-state index contributed by atoms with van der Waals surface area (Å²) in [6.45, 7) is 5.63. The van der Waals surface area contributed by atoms with Crippen LogP contribution in [0.2, 0.25) is 0 Å². The van der Waals surface area contributed by atoms with E-state index in [1.54, 1.807) is 0 Å². The summed E-state index contributed by atoms with van der Waals surface area (Å²) in [7, 11) is 0. The van der Waals surface area contributed by atoms with Gasteiger partial charge in [-0.25, -0.2) is 0 Å². The molecule has 3 nitrogen and oxygen atoms in total. The van der Waals surface area contributed by atoms with Gasteiger partial charge in [-0.2, -0.15) is 0 Å². The van der Waals surface area contributed by atoms with Crippen LogP contribution in [-0.4, -0.2) is 13.2 Å². The van der Waals surface area contributed by atoms with Gasteiger partial charge in [0.15, 0.2) is 11.5 Å². The Balaban J connectivity index is 2.27. The van der Waals surface area contributed by atoms with Crippen molar-refractivity contribution in [1.82, 2.24) is 0 Å². The van der Waals surface area contributed by atoms with Crippen molar-refractivity contribution in [2.75, 3.05) is 13.2 Å². The summed E-state index contributed by atoms with van der Waals surface area (Å²) in [6.07, 6.45) is 0. The molecule has 1 atom stereocenters. The van der Waals surface area contributed by atoms with Gasteiger partial charge in [-0.05, 0) is 18.2 Å². The molecule has 0 saturated heterocycles. The molecule has 1 heterocycles. The van der Waals surface area contributed by atoms with E-state index in [1.807, 2.05) is 12.1 Å². The molecule has 0 aromatic heterocycles. The topological polar surface area (TPSA) is 46.1 Å². The van der Waals surface area contributed by atoms with Crippen molar-refractivity contribution >= 4 is 0 Å². The molecule has 15 heavy (non-hydrogen) atoms. The number of hydrogen-bond acceptors (Lipinski definition) is 2. The smallest absolute Gasteiger partial charge is 0.161 e. The number of rotatable bonds is 2. The van der Waals surface area contributed by atoms with Crippen LogP contribution in [0.5, 0.6) is 11.5 Å². The summed E-state index contributed by atoms with van der Waals surface area (Å²) in [5.74, 6) is 2.24. The number of hydrogen-bond donors (Lipinski definition) is 1. The first kappa shape index (κ1) is 10.3. The molecule has 0 aliphatic carbocycles. The fourth-order valence-electron chi connectivity index (χ4n) is 1.68. The summed E-state index contributed by atoms with van der Waals surface area (Å²) in [5, 5.41) is 0. The second-order valence-electron chi connectivity index (χ2n) is 4.25. The molecule has 82 valence electrons. The minimum Gasteiger partial charge on any atom is -0.486 e. The number of benzene rings is 1. The van der Waals surface area contributed by atoms with Crippen molar-refractivity contribution in [3.8, 4) is 11.5 Å². The van der Waals surface area contributed by atoms with Gasteiger partial charge in [-0.1, -0.05) is 13.8 Å². The summed E-state index contributed by atoms with van der Waals surface area (Å²) in [6, 6.07) is 6.41. The van der Waals surface area contributed by atoms with Crippen molar-refractivity contribution in [1.29, 1.82) is 0 Å². The minimum atomic E-state index is 0.306. The molecule has 2 rings (SSSR count). The van der Waals surface area contributed by atoms with Crippen LogP contribution >= 0.6 is 0 Å². The maximum absolute atomic E-state index is 5.54. The van der Waals surface area contributed by atoms with E-state index in [1.165, 1.54) is 5.56 Å². The van der Waals surface area contributed by atoms with E-state index in [9.17, 15) is 0 Å². The predicted molar refractivity (Wildman–Crippen MR) is 57.9 cm³/mol. The Bertz CT molecular complexity index is 349. The quantitative estimate of drug-likeness (QED) is 0.798. The molecule has 0 unspecified atom stereocenters. The van der Waals surface area contributed by atoms with E-state index in [0.29, 0.717) is 25.2 Å². The Labute approximate surface area is 90.2 Å². The molecule has 0 bridgehead atoms. The van der Waals surface area contributed by atoms with Crippen LogP contribution in [0.3, 0.4) is 0 Å². The SMILES string of the molecule is CC(C)[C@@H]([NH3+])c1ccc2c(c1)OCCO2. The number of quaternary nitrogens is 1. The average Bonchev–Trinajstić information content (AvgIpc) is 2.27. The molecule has 1 aromatic rings. The van der Waals surface area contributed by atoms with Gasteiger partial charge in [0.1, 0.15) is 19.3 Å². The lowest BCUT2D eigenvalue weighted by Crippen LogP contribution is -2.55. The van der Waals surface area contributed by atoms with E-state index in [2.05, 4.69) is 25.6 Å². The Morgan fingerprint density at radius 3 is 2.47 bits per heavy atom. The van der Waals surface area contributed by atoms with Crippen LogP contribution in [0.4, 0.5) is 0 Å². The van der Waals surface area contributed by atoms with Crippen molar-refractivity contribution in [2.45, 2.75) is 19.9 Å². The monoisotopic (exact) mass is 208 g/mol. The van der Waals surface area contributed by atoms with Crippen LogP contribution in [0, 0.1) is 5.92 Å². The normalized spacial score (nSPS) is 16.5. The van der Waals surface area contributed by atoms with Crippen LogP contribution in [0.25, 0.3) is 0 Å². The maximum atomic E-state index is 5.54. The highest BCUT2D eigenvalue weighted by molar-refractivity contribution is 5.44. The van der Waals surface area contributed by atoms with E-state index in [0.717, 1.165) is 11.5 Å². The molecule has 0 spiro atoms. The fourth-order valence-corrected chi connectivity index (χ4v) is 1.68. The molecule has 1 aliphatic heterocycles. The Hall–Kier alpha value is -1.22. The Morgan fingerprint density at radius 1 is 1.13 bits per heavy atom. The van der Waals surface area contributed by atoms with Gasteiger partial charge in [0, 0.05) is 11.5 Å². The summed E-state index contributed by atoms with van der Waals surface area (Å²) in [4.78, 5) is 0. The molecular weight excluding hydrogens is 190 g/mol. The first-order chi connectivity index (χ1) is 7.18. The molecule has 0 fully saturated rings. The van der Waals surface area contributed by atoms with Gasteiger partial charge in [0.05, 0.1) is 0 Å². The van der Waals surface area contributed by atoms with E-state index < -0.39 is 0 Å². The lowest BCUT2D eigenvalue weighted by atomic mass is 9.97. The average molecular weight is 208 g/mol. The Kier molecular flexibility index (Phi) is 2.82. The zero-order valence-corrected chi connectivity index (χ0v) is 9.32. The predicted octanol–water partition coefficient (Wildman–Crippen LogP) is 1.40. The van der Waals surface area contributed by atoms with Crippen LogP contribution in [-0.2, 0) is 0 Å². The molecule has 0 amide bonds. The van der Waals surface area contributed by atoms with Crippen molar-refractivity contribution in [3.63, 3.8) is 0 Å². The van der Waals surface area contributed by atoms with Gasteiger partial charge in [0.25, 0.3) is 0 Å². The number of ether oxygens (including phenoxy) is 2. The molecule has 1 aliphatic rings. The molecule has 1 aromatic carbocycles.